The molecule has 1 heterocycles. The van der Waals surface area contributed by atoms with E-state index in [0.29, 0.717) is 22.4 Å². The Morgan fingerprint density at radius 3 is 2.50 bits per heavy atom. The number of hydrogen-bond donors (Lipinski definition) is 0. The lowest BCUT2D eigenvalue weighted by Crippen LogP contribution is -2.22. The Labute approximate surface area is 189 Å². The summed E-state index contributed by atoms with van der Waals surface area (Å²) in [6.45, 7) is 0. The van der Waals surface area contributed by atoms with Gasteiger partial charge < -0.3 is 0 Å². The third-order valence-corrected chi connectivity index (χ3v) is 5.44. The number of aromatic nitrogens is 2. The summed E-state index contributed by atoms with van der Waals surface area (Å²) < 4.78 is 2.28. The highest BCUT2D eigenvalue weighted by atomic mass is 127. The van der Waals surface area contributed by atoms with Crippen molar-refractivity contribution in [3.63, 3.8) is 0 Å². The summed E-state index contributed by atoms with van der Waals surface area (Å²) in [7, 11) is 0. The zero-order valence-corrected chi connectivity index (χ0v) is 18.2. The van der Waals surface area contributed by atoms with Crippen LogP contribution >= 0.6 is 34.2 Å². The number of halogens is 2. The zero-order valence-electron chi connectivity index (χ0n) is 15.3. The summed E-state index contributed by atoms with van der Waals surface area (Å²) >= 11 is 8.47. The Balaban J connectivity index is 1.98. The van der Waals surface area contributed by atoms with Gasteiger partial charge in [-0.3, -0.25) is 19.5 Å². The number of nitro benzene ring substituents is 1. The maximum Gasteiger partial charge on any atom is 0.271 e. The molecule has 0 amide bonds. The third-order valence-electron chi connectivity index (χ3n) is 4.46. The lowest BCUT2D eigenvalue weighted by atomic mass is 10.2. The lowest BCUT2D eigenvalue weighted by molar-refractivity contribution is -0.384. The van der Waals surface area contributed by atoms with E-state index < -0.39 is 4.92 Å². The molecule has 1 aromatic heterocycles. The number of non-ortho nitro benzene ring substituents is 1. The van der Waals surface area contributed by atoms with Crippen LogP contribution in [0.5, 0.6) is 0 Å². The highest BCUT2D eigenvalue weighted by molar-refractivity contribution is 14.1. The van der Waals surface area contributed by atoms with E-state index in [1.54, 1.807) is 18.2 Å². The van der Waals surface area contributed by atoms with Gasteiger partial charge in [0.1, 0.15) is 5.82 Å². The largest absolute Gasteiger partial charge is 0.271 e. The van der Waals surface area contributed by atoms with Gasteiger partial charge in [-0.1, -0.05) is 48.0 Å². The van der Waals surface area contributed by atoms with Crippen LogP contribution in [0.15, 0.2) is 71.5 Å². The number of fused-ring (bicyclic) bond motifs is 1. The normalized spacial score (nSPS) is 11.3. The predicted octanol–water partition coefficient (Wildman–Crippen LogP) is 5.72. The van der Waals surface area contributed by atoms with Crippen LogP contribution in [-0.2, 0) is 0 Å². The number of benzene rings is 3. The van der Waals surface area contributed by atoms with Crippen LogP contribution in [0.1, 0.15) is 11.4 Å². The van der Waals surface area contributed by atoms with Crippen LogP contribution in [0, 0.1) is 13.7 Å². The van der Waals surface area contributed by atoms with Crippen molar-refractivity contribution < 1.29 is 4.92 Å². The van der Waals surface area contributed by atoms with Crippen LogP contribution < -0.4 is 5.56 Å². The van der Waals surface area contributed by atoms with Crippen LogP contribution in [0.25, 0.3) is 28.7 Å². The summed E-state index contributed by atoms with van der Waals surface area (Å²) in [5, 5.41) is 11.6. The molecule has 0 saturated heterocycles. The van der Waals surface area contributed by atoms with Crippen molar-refractivity contribution in [2.24, 2.45) is 0 Å². The van der Waals surface area contributed by atoms with Crippen molar-refractivity contribution in [1.82, 2.24) is 9.55 Å². The molecule has 30 heavy (non-hydrogen) atoms. The van der Waals surface area contributed by atoms with Gasteiger partial charge in [-0.15, -0.1) is 0 Å². The summed E-state index contributed by atoms with van der Waals surface area (Å²) in [5.41, 5.74) is 1.37. The molecule has 4 rings (SSSR count). The van der Waals surface area contributed by atoms with Gasteiger partial charge in [0.25, 0.3) is 11.2 Å². The third kappa shape index (κ3) is 3.99. The van der Waals surface area contributed by atoms with Crippen LogP contribution in [0.3, 0.4) is 0 Å². The molecular weight excluding hydrogens is 517 g/mol. The van der Waals surface area contributed by atoms with Crippen molar-refractivity contribution in [2.45, 2.75) is 0 Å². The number of nitro groups is 1. The molecule has 0 spiro atoms. The summed E-state index contributed by atoms with van der Waals surface area (Å²) in [6.07, 6.45) is 3.57. The molecule has 0 aliphatic heterocycles. The molecule has 8 heteroatoms. The van der Waals surface area contributed by atoms with E-state index in [4.69, 9.17) is 11.6 Å². The first-order chi connectivity index (χ1) is 14.4. The van der Waals surface area contributed by atoms with Crippen LogP contribution in [0.4, 0.5) is 5.69 Å². The van der Waals surface area contributed by atoms with E-state index in [0.717, 1.165) is 9.13 Å². The van der Waals surface area contributed by atoms with E-state index >= 15 is 0 Å². The van der Waals surface area contributed by atoms with E-state index in [1.165, 1.54) is 22.8 Å². The molecule has 0 radical (unpaired) electrons. The molecule has 0 N–H and O–H groups in total. The number of nitrogens with zero attached hydrogens (tertiary/aromatic N) is 3. The van der Waals surface area contributed by atoms with Gasteiger partial charge in [0.15, 0.2) is 0 Å². The van der Waals surface area contributed by atoms with E-state index in [-0.39, 0.29) is 16.3 Å². The molecule has 0 bridgehead atoms. The first-order valence-electron chi connectivity index (χ1n) is 8.84. The molecule has 6 nitrogen and oxygen atoms in total. The van der Waals surface area contributed by atoms with Crippen molar-refractivity contribution in [2.75, 3.05) is 0 Å². The SMILES string of the molecule is O=c1c2cc(I)ccc2nc(C=Cc2ccccc2)n1-c1ccc([N+](=O)[O-])cc1Cl. The summed E-state index contributed by atoms with van der Waals surface area (Å²) in [5.74, 6) is 0.369. The molecule has 0 unspecified atom stereocenters. The van der Waals surface area contributed by atoms with Crippen molar-refractivity contribution in [3.8, 4) is 5.69 Å². The van der Waals surface area contributed by atoms with Gasteiger partial charge in [0.2, 0.25) is 0 Å². The average Bonchev–Trinajstić information content (AvgIpc) is 2.74. The average molecular weight is 530 g/mol. The Morgan fingerprint density at radius 2 is 1.80 bits per heavy atom. The first-order valence-corrected chi connectivity index (χ1v) is 10.3. The molecular formula is C22H13ClIN3O3. The molecule has 3 aromatic carbocycles. The molecule has 0 aliphatic carbocycles. The molecule has 0 aliphatic rings. The van der Waals surface area contributed by atoms with Crippen molar-refractivity contribution >= 4 is 62.9 Å². The molecule has 0 atom stereocenters. The van der Waals surface area contributed by atoms with Gasteiger partial charge in [-0.2, -0.15) is 0 Å². The molecule has 148 valence electrons. The first kappa shape index (κ1) is 20.2. The summed E-state index contributed by atoms with van der Waals surface area (Å²) in [4.78, 5) is 28.6. The maximum absolute atomic E-state index is 13.4. The minimum atomic E-state index is -0.532. The molecule has 0 saturated carbocycles. The Bertz CT molecular complexity index is 1370. The maximum atomic E-state index is 13.4. The smallest absolute Gasteiger partial charge is 0.268 e. The Morgan fingerprint density at radius 1 is 1.03 bits per heavy atom. The predicted molar refractivity (Wildman–Crippen MR) is 127 cm³/mol. The quantitative estimate of drug-likeness (QED) is 0.192. The second kappa shape index (κ2) is 8.37. The van der Waals surface area contributed by atoms with E-state index in [2.05, 4.69) is 27.6 Å². The minimum absolute atomic E-state index is 0.0902. The highest BCUT2D eigenvalue weighted by Gasteiger charge is 2.16. The van der Waals surface area contributed by atoms with Gasteiger partial charge in [0, 0.05) is 15.7 Å². The number of hydrogen-bond acceptors (Lipinski definition) is 4. The topological polar surface area (TPSA) is 78.0 Å². The molecule has 0 fully saturated rings. The van der Waals surface area contributed by atoms with Crippen molar-refractivity contribution in [3.05, 3.63) is 107 Å². The van der Waals surface area contributed by atoms with E-state index in [1.807, 2.05) is 42.5 Å². The fraction of sp³-hybridized carbons (Fsp3) is 0. The highest BCUT2D eigenvalue weighted by Crippen LogP contribution is 2.27. The van der Waals surface area contributed by atoms with Crippen LogP contribution in [0.2, 0.25) is 5.02 Å². The molecule has 4 aromatic rings. The fourth-order valence-electron chi connectivity index (χ4n) is 3.05. The Kier molecular flexibility index (Phi) is 5.65. The zero-order chi connectivity index (χ0) is 21.3. The minimum Gasteiger partial charge on any atom is -0.268 e. The standard InChI is InChI=1S/C22H13ClIN3O3/c23-18-13-16(27(29)30)8-10-20(18)26-21(11-6-14-4-2-1-3-5-14)25-19-9-7-15(24)12-17(19)22(26)28/h1-13H. The van der Waals surface area contributed by atoms with E-state index in [9.17, 15) is 14.9 Å². The monoisotopic (exact) mass is 529 g/mol. The van der Waals surface area contributed by atoms with Gasteiger partial charge in [0.05, 0.1) is 26.5 Å². The van der Waals surface area contributed by atoms with Crippen LogP contribution in [-0.4, -0.2) is 14.5 Å². The number of rotatable bonds is 4. The second-order valence-corrected chi connectivity index (χ2v) is 8.06. The Hall–Kier alpha value is -3.04. The van der Waals surface area contributed by atoms with Gasteiger partial charge in [-0.25, -0.2) is 4.98 Å². The van der Waals surface area contributed by atoms with Gasteiger partial charge in [-0.05, 0) is 58.5 Å². The van der Waals surface area contributed by atoms with Gasteiger partial charge >= 0.3 is 0 Å². The van der Waals surface area contributed by atoms with Crippen molar-refractivity contribution in [1.29, 1.82) is 0 Å². The second-order valence-electron chi connectivity index (χ2n) is 6.41. The fourth-order valence-corrected chi connectivity index (χ4v) is 3.80. The lowest BCUT2D eigenvalue weighted by Gasteiger charge is -2.13. The summed E-state index contributed by atoms with van der Waals surface area (Å²) in [6, 6.07) is 19.0.